The third-order valence-electron chi connectivity index (χ3n) is 5.60. The van der Waals surface area contributed by atoms with Crippen LogP contribution in [0.4, 0.5) is 0 Å². The van der Waals surface area contributed by atoms with Gasteiger partial charge in [0.05, 0.1) is 12.2 Å². The summed E-state index contributed by atoms with van der Waals surface area (Å²) in [6.07, 6.45) is 10.5. The van der Waals surface area contributed by atoms with Gasteiger partial charge in [-0.05, 0) is 58.2 Å². The Hall–Kier alpha value is -1.55. The van der Waals surface area contributed by atoms with E-state index in [2.05, 4.69) is 24.5 Å². The van der Waals surface area contributed by atoms with Crippen molar-refractivity contribution in [2.45, 2.75) is 78.0 Å². The highest BCUT2D eigenvalue weighted by molar-refractivity contribution is 5.92. The molecule has 0 N–H and O–H groups in total. The van der Waals surface area contributed by atoms with Crippen LogP contribution in [0.25, 0.3) is 6.08 Å². The topological polar surface area (TPSA) is 34.5 Å². The summed E-state index contributed by atoms with van der Waals surface area (Å²) in [6, 6.07) is 2.85. The Labute approximate surface area is 151 Å². The predicted octanol–water partition coefficient (Wildman–Crippen LogP) is 4.26. The summed E-state index contributed by atoms with van der Waals surface area (Å²) in [4.78, 5) is 14.4. The molecule has 2 fully saturated rings. The number of carbonyl (C=O) groups is 1. The van der Waals surface area contributed by atoms with Crippen molar-refractivity contribution in [2.24, 2.45) is 0 Å². The molecule has 1 amide bonds. The van der Waals surface area contributed by atoms with E-state index in [4.69, 9.17) is 4.74 Å². The van der Waals surface area contributed by atoms with Crippen molar-refractivity contribution < 1.29 is 9.53 Å². The summed E-state index contributed by atoms with van der Waals surface area (Å²) in [7, 11) is 0. The van der Waals surface area contributed by atoms with Crippen LogP contribution in [0, 0.1) is 13.8 Å². The average molecular weight is 344 g/mol. The second-order valence-electron chi connectivity index (χ2n) is 7.82. The van der Waals surface area contributed by atoms with E-state index in [1.807, 2.05) is 24.8 Å². The number of carbonyl (C=O) groups excluding carboxylic acids is 1. The molecule has 0 unspecified atom stereocenters. The molecule has 25 heavy (non-hydrogen) atoms. The van der Waals surface area contributed by atoms with Gasteiger partial charge in [0.15, 0.2) is 0 Å². The number of aromatic nitrogens is 1. The summed E-state index contributed by atoms with van der Waals surface area (Å²) < 4.78 is 8.20. The van der Waals surface area contributed by atoms with Crippen molar-refractivity contribution in [3.63, 3.8) is 0 Å². The van der Waals surface area contributed by atoms with E-state index in [1.165, 1.54) is 49.1 Å². The third-order valence-corrected chi connectivity index (χ3v) is 5.60. The van der Waals surface area contributed by atoms with Crippen LogP contribution in [0.5, 0.6) is 0 Å². The zero-order valence-corrected chi connectivity index (χ0v) is 16.1. The lowest BCUT2D eigenvalue weighted by molar-refractivity contribution is -0.137. The largest absolute Gasteiger partial charge is 0.372 e. The molecule has 0 bridgehead atoms. The number of nitrogens with zero attached hydrogens (tertiary/aromatic N) is 2. The van der Waals surface area contributed by atoms with E-state index in [0.717, 1.165) is 0 Å². The minimum atomic E-state index is 0.0875. The molecule has 1 aromatic rings. The van der Waals surface area contributed by atoms with E-state index < -0.39 is 0 Å². The van der Waals surface area contributed by atoms with Gasteiger partial charge in [-0.1, -0.05) is 19.3 Å². The Morgan fingerprint density at radius 3 is 2.40 bits per heavy atom. The second kappa shape index (κ2) is 7.77. The van der Waals surface area contributed by atoms with Gasteiger partial charge in [0.2, 0.25) is 5.91 Å². The molecule has 138 valence electrons. The fraction of sp³-hybridized carbons (Fsp3) is 0.667. The normalized spacial score (nSPS) is 25.7. The van der Waals surface area contributed by atoms with Crippen LogP contribution in [0.15, 0.2) is 12.1 Å². The molecule has 1 saturated heterocycles. The van der Waals surface area contributed by atoms with Gasteiger partial charge in [0.1, 0.15) is 0 Å². The predicted molar refractivity (Wildman–Crippen MR) is 102 cm³/mol. The molecule has 1 saturated carbocycles. The number of rotatable bonds is 3. The number of hydrogen-bond donors (Lipinski definition) is 0. The van der Waals surface area contributed by atoms with Gasteiger partial charge in [0, 0.05) is 36.6 Å². The number of aryl methyl sites for hydroxylation is 1. The van der Waals surface area contributed by atoms with Gasteiger partial charge >= 0.3 is 0 Å². The SMILES string of the molecule is Cc1cc(/C=C\C(=O)N2C[C@H](C)O[C@@H](C)C2)c(C)n1C1CCCCC1. The van der Waals surface area contributed by atoms with Crippen molar-refractivity contribution >= 4 is 12.0 Å². The fourth-order valence-electron chi connectivity index (χ4n) is 4.50. The standard InChI is InChI=1S/C21H32N2O2/c1-15-12-19(18(4)23(15)20-8-6-5-7-9-20)10-11-21(24)22-13-16(2)25-17(3)14-22/h10-12,16-17,20H,5-9,13-14H2,1-4H3/b11-10-/t16-,17-/m0/s1. The molecule has 1 aliphatic carbocycles. The summed E-state index contributed by atoms with van der Waals surface area (Å²) in [6.45, 7) is 9.77. The first kappa shape index (κ1) is 18.2. The molecule has 2 heterocycles. The van der Waals surface area contributed by atoms with Gasteiger partial charge < -0.3 is 14.2 Å². The highest BCUT2D eigenvalue weighted by Gasteiger charge is 2.25. The first-order valence-electron chi connectivity index (χ1n) is 9.76. The lowest BCUT2D eigenvalue weighted by atomic mass is 9.95. The zero-order chi connectivity index (χ0) is 18.0. The quantitative estimate of drug-likeness (QED) is 0.768. The van der Waals surface area contributed by atoms with Gasteiger partial charge in [-0.15, -0.1) is 0 Å². The molecule has 4 nitrogen and oxygen atoms in total. The highest BCUT2D eigenvalue weighted by atomic mass is 16.5. The van der Waals surface area contributed by atoms with E-state index in [-0.39, 0.29) is 18.1 Å². The third kappa shape index (κ3) is 4.17. The molecule has 1 aliphatic heterocycles. The minimum absolute atomic E-state index is 0.0875. The van der Waals surface area contributed by atoms with Crippen LogP contribution < -0.4 is 0 Å². The summed E-state index contributed by atoms with van der Waals surface area (Å²) in [5, 5.41) is 0. The van der Waals surface area contributed by atoms with Crippen LogP contribution in [0.3, 0.4) is 0 Å². The number of hydrogen-bond acceptors (Lipinski definition) is 2. The monoisotopic (exact) mass is 344 g/mol. The van der Waals surface area contributed by atoms with E-state index in [9.17, 15) is 4.79 Å². The number of ether oxygens (including phenoxy) is 1. The van der Waals surface area contributed by atoms with Crippen LogP contribution in [-0.2, 0) is 9.53 Å². The molecule has 0 radical (unpaired) electrons. The van der Waals surface area contributed by atoms with Crippen LogP contribution in [-0.4, -0.2) is 40.7 Å². The Morgan fingerprint density at radius 2 is 1.76 bits per heavy atom. The molecular weight excluding hydrogens is 312 g/mol. The molecular formula is C21H32N2O2. The first-order chi connectivity index (χ1) is 12.0. The van der Waals surface area contributed by atoms with Crippen molar-refractivity contribution in [2.75, 3.05) is 13.1 Å². The molecule has 0 aromatic carbocycles. The van der Waals surface area contributed by atoms with Gasteiger partial charge in [-0.2, -0.15) is 0 Å². The molecule has 2 aliphatic rings. The Morgan fingerprint density at radius 1 is 1.12 bits per heavy atom. The van der Waals surface area contributed by atoms with Crippen LogP contribution in [0.1, 0.15) is 68.9 Å². The Kier molecular flexibility index (Phi) is 5.67. The average Bonchev–Trinajstić information content (AvgIpc) is 2.86. The summed E-state index contributed by atoms with van der Waals surface area (Å²) >= 11 is 0. The number of amides is 1. The summed E-state index contributed by atoms with van der Waals surface area (Å²) in [5.74, 6) is 0.0875. The van der Waals surface area contributed by atoms with Crippen LogP contribution >= 0.6 is 0 Å². The smallest absolute Gasteiger partial charge is 0.246 e. The molecule has 0 spiro atoms. The molecule has 3 rings (SSSR count). The second-order valence-corrected chi connectivity index (χ2v) is 7.82. The first-order valence-corrected chi connectivity index (χ1v) is 9.76. The van der Waals surface area contributed by atoms with Crippen molar-refractivity contribution in [1.29, 1.82) is 0 Å². The maximum atomic E-state index is 12.5. The van der Waals surface area contributed by atoms with Gasteiger partial charge in [-0.3, -0.25) is 4.79 Å². The minimum Gasteiger partial charge on any atom is -0.372 e. The van der Waals surface area contributed by atoms with E-state index >= 15 is 0 Å². The van der Waals surface area contributed by atoms with E-state index in [1.54, 1.807) is 6.08 Å². The zero-order valence-electron chi connectivity index (χ0n) is 16.1. The van der Waals surface area contributed by atoms with E-state index in [0.29, 0.717) is 19.1 Å². The Balaban J connectivity index is 1.72. The fourth-order valence-corrected chi connectivity index (χ4v) is 4.50. The molecule has 4 heteroatoms. The van der Waals surface area contributed by atoms with Crippen LogP contribution in [0.2, 0.25) is 0 Å². The Bertz CT molecular complexity index is 631. The van der Waals surface area contributed by atoms with Crippen molar-refractivity contribution in [1.82, 2.24) is 9.47 Å². The number of morpholine rings is 1. The molecule has 2 atom stereocenters. The summed E-state index contributed by atoms with van der Waals surface area (Å²) in [5.41, 5.74) is 3.77. The van der Waals surface area contributed by atoms with Crippen molar-refractivity contribution in [3.8, 4) is 0 Å². The maximum absolute atomic E-state index is 12.5. The maximum Gasteiger partial charge on any atom is 0.246 e. The van der Waals surface area contributed by atoms with Gasteiger partial charge in [0.25, 0.3) is 0 Å². The molecule has 1 aromatic heterocycles. The lowest BCUT2D eigenvalue weighted by Gasteiger charge is -2.34. The lowest BCUT2D eigenvalue weighted by Crippen LogP contribution is -2.47. The van der Waals surface area contributed by atoms with Crippen molar-refractivity contribution in [3.05, 3.63) is 29.1 Å². The van der Waals surface area contributed by atoms with Gasteiger partial charge in [-0.25, -0.2) is 0 Å². The highest BCUT2D eigenvalue weighted by Crippen LogP contribution is 2.32.